The molecule has 1 saturated carbocycles. The molecule has 0 unspecified atom stereocenters. The van der Waals surface area contributed by atoms with E-state index < -0.39 is 5.60 Å². The van der Waals surface area contributed by atoms with Crippen molar-refractivity contribution >= 4 is 36.0 Å². The van der Waals surface area contributed by atoms with Gasteiger partial charge >= 0.3 is 0 Å². The van der Waals surface area contributed by atoms with E-state index in [-0.39, 0.29) is 36.4 Å². The Labute approximate surface area is 234 Å². The molecule has 3 aromatic heterocycles. The summed E-state index contributed by atoms with van der Waals surface area (Å²) in [7, 11) is 1.66. The molecular weight excluding hydrogens is 527 g/mol. The van der Waals surface area contributed by atoms with Gasteiger partial charge in [0, 0.05) is 12.4 Å². The number of hydrogen-bond donors (Lipinski definition) is 2. The van der Waals surface area contributed by atoms with Crippen molar-refractivity contribution in [3.8, 4) is 11.5 Å². The second kappa shape index (κ2) is 12.6. The van der Waals surface area contributed by atoms with Crippen molar-refractivity contribution in [2.24, 2.45) is 0 Å². The van der Waals surface area contributed by atoms with Gasteiger partial charge in [0.15, 0.2) is 22.6 Å². The maximum Gasteiger partial charge on any atom is 0.173 e. The summed E-state index contributed by atoms with van der Waals surface area (Å²) >= 11 is 0. The molecule has 1 fully saturated rings. The van der Waals surface area contributed by atoms with Crippen LogP contribution < -0.4 is 15.0 Å². The predicted octanol–water partition coefficient (Wildman–Crippen LogP) is 5.31. The van der Waals surface area contributed by atoms with Gasteiger partial charge in [-0.1, -0.05) is 6.07 Å². The summed E-state index contributed by atoms with van der Waals surface area (Å²) in [5.74, 6) is 2.13. The molecule has 0 bridgehead atoms. The lowest BCUT2D eigenvalue weighted by molar-refractivity contribution is -0.0393. The van der Waals surface area contributed by atoms with Crippen LogP contribution in [-0.4, -0.2) is 37.7 Å². The van der Waals surface area contributed by atoms with Crippen molar-refractivity contribution in [2.45, 2.75) is 64.4 Å². The normalized spacial score (nSPS) is 13.7. The summed E-state index contributed by atoms with van der Waals surface area (Å²) in [5, 5.41) is 8.33. The largest absolute Gasteiger partial charge is 0.493 e. The van der Waals surface area contributed by atoms with Crippen LogP contribution in [0.1, 0.15) is 56.5 Å². The van der Waals surface area contributed by atoms with Gasteiger partial charge in [-0.25, -0.2) is 9.97 Å². The highest BCUT2D eigenvalue weighted by atomic mass is 35.5. The van der Waals surface area contributed by atoms with Gasteiger partial charge in [0.2, 0.25) is 0 Å². The molecular formula is C27H34Cl2N6O3. The number of hydrogen-bond acceptors (Lipinski definition) is 7. The van der Waals surface area contributed by atoms with Crippen LogP contribution in [0.15, 0.2) is 49.1 Å². The number of aromatic amines is 1. The van der Waals surface area contributed by atoms with Crippen LogP contribution in [0.25, 0.3) is 11.2 Å². The van der Waals surface area contributed by atoms with E-state index in [4.69, 9.17) is 24.6 Å². The Kier molecular flexibility index (Phi) is 9.76. The van der Waals surface area contributed by atoms with Gasteiger partial charge in [0.05, 0.1) is 32.7 Å². The minimum atomic E-state index is -0.699. The third-order valence-corrected chi connectivity index (χ3v) is 6.62. The van der Waals surface area contributed by atoms with E-state index in [0.717, 1.165) is 35.5 Å². The van der Waals surface area contributed by atoms with Crippen molar-refractivity contribution in [3.05, 3.63) is 71.5 Å². The van der Waals surface area contributed by atoms with Crippen LogP contribution in [-0.2, 0) is 23.5 Å². The van der Waals surface area contributed by atoms with Crippen molar-refractivity contribution in [3.63, 3.8) is 0 Å². The van der Waals surface area contributed by atoms with Crippen LogP contribution in [0.3, 0.4) is 0 Å². The lowest BCUT2D eigenvalue weighted by atomic mass is 10.1. The first kappa shape index (κ1) is 29.4. The fraction of sp³-hybridized carbons (Fsp3) is 0.407. The minimum absolute atomic E-state index is 0. The van der Waals surface area contributed by atoms with E-state index in [2.05, 4.69) is 15.0 Å². The molecule has 0 amide bonds. The van der Waals surface area contributed by atoms with E-state index in [1.54, 1.807) is 25.8 Å². The number of nitrogens with one attached hydrogen (secondary N) is 2. The van der Waals surface area contributed by atoms with Crippen LogP contribution >= 0.6 is 24.8 Å². The Bertz CT molecular complexity index is 1400. The Morgan fingerprint density at radius 1 is 1.05 bits per heavy atom. The molecule has 1 aliphatic carbocycles. The van der Waals surface area contributed by atoms with Crippen molar-refractivity contribution in [1.29, 1.82) is 5.41 Å². The molecule has 0 atom stereocenters. The van der Waals surface area contributed by atoms with Gasteiger partial charge in [-0.15, -0.1) is 24.8 Å². The predicted molar refractivity (Wildman–Crippen MR) is 149 cm³/mol. The Balaban J connectivity index is 0.00000200. The zero-order valence-electron chi connectivity index (χ0n) is 21.8. The topological polar surface area (TPSA) is 111 Å². The van der Waals surface area contributed by atoms with Crippen molar-refractivity contribution in [2.75, 3.05) is 7.11 Å². The van der Waals surface area contributed by atoms with Gasteiger partial charge < -0.3 is 23.8 Å². The van der Waals surface area contributed by atoms with Gasteiger partial charge in [-0.2, -0.15) is 0 Å². The Hall–Kier alpha value is -3.14. The van der Waals surface area contributed by atoms with Crippen molar-refractivity contribution < 1.29 is 14.2 Å². The van der Waals surface area contributed by atoms with E-state index in [1.807, 2.05) is 48.7 Å². The first-order chi connectivity index (χ1) is 17.4. The van der Waals surface area contributed by atoms with E-state index >= 15 is 0 Å². The molecule has 5 rings (SSSR count). The molecule has 11 heteroatoms. The highest BCUT2D eigenvalue weighted by molar-refractivity contribution is 5.85. The molecule has 38 heavy (non-hydrogen) atoms. The summed E-state index contributed by atoms with van der Waals surface area (Å²) in [6, 6.07) is 9.83. The van der Waals surface area contributed by atoms with Crippen LogP contribution in [0.2, 0.25) is 0 Å². The molecule has 2 N–H and O–H groups in total. The molecule has 0 spiro atoms. The summed E-state index contributed by atoms with van der Waals surface area (Å²) in [4.78, 5) is 16.5. The average Bonchev–Trinajstić information content (AvgIpc) is 3.57. The number of ether oxygens (including phenoxy) is 3. The van der Waals surface area contributed by atoms with Crippen LogP contribution in [0.4, 0.5) is 0 Å². The van der Waals surface area contributed by atoms with E-state index in [0.29, 0.717) is 30.1 Å². The molecule has 204 valence electrons. The first-order valence-corrected chi connectivity index (χ1v) is 12.3. The number of aromatic nitrogens is 5. The van der Waals surface area contributed by atoms with Crippen LogP contribution in [0, 0.1) is 5.41 Å². The maximum absolute atomic E-state index is 8.33. The standard InChI is InChI=1S/C27H32N6O3.2ClH/c1-27(2,35-16-18-10-12-29-13-11-18)26-31-23-24(28)30-17-33(25(23)32-26)15-19-8-9-21(34-3)22(14-19)36-20-6-4-5-7-20;;/h8-14,17,20,28H,4-7,15-16H2,1-3H3,(H,31,32);2*1H. The number of benzene rings is 1. The fourth-order valence-electron chi connectivity index (χ4n) is 4.49. The number of H-pyrrole nitrogens is 1. The van der Waals surface area contributed by atoms with Gasteiger partial charge in [-0.05, 0) is 74.9 Å². The molecule has 1 aromatic carbocycles. The fourth-order valence-corrected chi connectivity index (χ4v) is 4.49. The molecule has 0 saturated heterocycles. The Morgan fingerprint density at radius 3 is 2.50 bits per heavy atom. The number of fused-ring (bicyclic) bond motifs is 1. The number of rotatable bonds is 9. The second-order valence-electron chi connectivity index (χ2n) is 9.67. The average molecular weight is 562 g/mol. The molecule has 9 nitrogen and oxygen atoms in total. The monoisotopic (exact) mass is 560 g/mol. The highest BCUT2D eigenvalue weighted by Gasteiger charge is 2.27. The van der Waals surface area contributed by atoms with Gasteiger partial charge in [0.1, 0.15) is 16.9 Å². The molecule has 3 heterocycles. The zero-order chi connectivity index (χ0) is 25.1. The van der Waals surface area contributed by atoms with E-state index in [1.165, 1.54) is 12.8 Å². The second-order valence-corrected chi connectivity index (χ2v) is 9.67. The lowest BCUT2D eigenvalue weighted by Gasteiger charge is -2.22. The number of halogens is 2. The molecule has 0 radical (unpaired) electrons. The smallest absolute Gasteiger partial charge is 0.173 e. The number of methoxy groups -OCH3 is 1. The summed E-state index contributed by atoms with van der Waals surface area (Å²) in [6.07, 6.45) is 9.95. The third-order valence-electron chi connectivity index (χ3n) is 6.62. The number of imidazole rings is 1. The molecule has 4 aromatic rings. The van der Waals surface area contributed by atoms with E-state index in [9.17, 15) is 0 Å². The molecule has 0 aliphatic heterocycles. The zero-order valence-corrected chi connectivity index (χ0v) is 23.4. The highest BCUT2D eigenvalue weighted by Crippen LogP contribution is 2.33. The SMILES string of the molecule is COc1ccc(Cn2cnc(=N)c3[nH]c(C(C)(C)OCc4ccncc4)nc32)cc1OC1CCCC1.Cl.Cl. The third kappa shape index (κ3) is 6.46. The number of nitrogens with zero attached hydrogens (tertiary/aromatic N) is 4. The van der Waals surface area contributed by atoms with Gasteiger partial charge in [0.25, 0.3) is 0 Å². The summed E-state index contributed by atoms with van der Waals surface area (Å²) in [5.41, 5.74) is 2.73. The molecule has 1 aliphatic rings. The van der Waals surface area contributed by atoms with Crippen LogP contribution in [0.5, 0.6) is 11.5 Å². The first-order valence-electron chi connectivity index (χ1n) is 12.3. The summed E-state index contributed by atoms with van der Waals surface area (Å²) in [6.45, 7) is 4.87. The minimum Gasteiger partial charge on any atom is -0.493 e. The lowest BCUT2D eigenvalue weighted by Crippen LogP contribution is -2.23. The van der Waals surface area contributed by atoms with Gasteiger partial charge in [-0.3, -0.25) is 10.4 Å². The maximum atomic E-state index is 8.33. The quantitative estimate of drug-likeness (QED) is 0.287. The Morgan fingerprint density at radius 2 is 1.79 bits per heavy atom. The summed E-state index contributed by atoms with van der Waals surface area (Å²) < 4.78 is 19.9. The van der Waals surface area contributed by atoms with Crippen molar-refractivity contribution in [1.82, 2.24) is 24.5 Å². The number of pyridine rings is 1.